The molecule has 11 heteroatoms. The molecule has 1 N–H and O–H groups in total. The number of carbonyl (C=O) groups excluding carboxylic acids is 4. The summed E-state index contributed by atoms with van der Waals surface area (Å²) in [6.45, 7) is 2.82. The highest BCUT2D eigenvalue weighted by Crippen LogP contribution is 2.38. The number of amides is 4. The van der Waals surface area contributed by atoms with Crippen LogP contribution in [0.5, 0.6) is 5.75 Å². The van der Waals surface area contributed by atoms with Gasteiger partial charge >= 0.3 is 0 Å². The van der Waals surface area contributed by atoms with Gasteiger partial charge in [0.15, 0.2) is 6.61 Å². The molecular formula is C26H25Br2N3O5S. The minimum Gasteiger partial charge on any atom is -0.481 e. The second-order valence-corrected chi connectivity index (χ2v) is 11.4. The number of halogens is 2. The number of hydrogen-bond donors (Lipinski definition) is 1. The number of rotatable bonds is 7. The Morgan fingerprint density at radius 2 is 1.78 bits per heavy atom. The molecule has 2 aliphatic rings. The average Bonchev–Trinajstić information content (AvgIpc) is 3.11. The molecule has 2 saturated heterocycles. The van der Waals surface area contributed by atoms with E-state index in [1.807, 2.05) is 25.1 Å². The molecule has 8 nitrogen and oxygen atoms in total. The zero-order valence-corrected chi connectivity index (χ0v) is 24.1. The van der Waals surface area contributed by atoms with E-state index in [9.17, 15) is 19.2 Å². The molecular weight excluding hydrogens is 626 g/mol. The fourth-order valence-corrected chi connectivity index (χ4v) is 6.31. The molecule has 0 aromatic heterocycles. The van der Waals surface area contributed by atoms with E-state index in [-0.39, 0.29) is 29.9 Å². The first-order valence-electron chi connectivity index (χ1n) is 11.7. The molecule has 0 spiro atoms. The summed E-state index contributed by atoms with van der Waals surface area (Å²) in [7, 11) is 0. The van der Waals surface area contributed by atoms with Gasteiger partial charge in [-0.1, -0.05) is 12.1 Å². The molecule has 2 heterocycles. The van der Waals surface area contributed by atoms with Crippen LogP contribution in [-0.2, 0) is 14.4 Å². The monoisotopic (exact) mass is 649 g/mol. The second-order valence-electron chi connectivity index (χ2n) is 8.73. The van der Waals surface area contributed by atoms with Crippen LogP contribution in [0, 0.1) is 6.92 Å². The molecule has 0 radical (unpaired) electrons. The van der Waals surface area contributed by atoms with E-state index in [0.717, 1.165) is 41.5 Å². The second kappa shape index (κ2) is 12.3. The highest BCUT2D eigenvalue weighted by Gasteiger charge is 2.37. The number of hydrogen-bond acceptors (Lipinski definition) is 6. The summed E-state index contributed by atoms with van der Waals surface area (Å²) in [5.74, 6) is -0.569. The Morgan fingerprint density at radius 3 is 2.46 bits per heavy atom. The van der Waals surface area contributed by atoms with Gasteiger partial charge in [0.2, 0.25) is 5.91 Å². The van der Waals surface area contributed by atoms with E-state index in [2.05, 4.69) is 37.2 Å². The van der Waals surface area contributed by atoms with Crippen molar-refractivity contribution in [2.24, 2.45) is 0 Å². The zero-order chi connectivity index (χ0) is 26.5. The fourth-order valence-electron chi connectivity index (χ4n) is 4.02. The number of benzene rings is 2. The molecule has 2 aromatic rings. The Bertz CT molecular complexity index is 1250. The Morgan fingerprint density at radius 1 is 1.08 bits per heavy atom. The van der Waals surface area contributed by atoms with Gasteiger partial charge in [-0.05, 0) is 111 Å². The van der Waals surface area contributed by atoms with Crippen LogP contribution in [-0.4, -0.2) is 59.0 Å². The third-order valence-corrected chi connectivity index (χ3v) is 7.93. The topological polar surface area (TPSA) is 96.0 Å². The molecule has 0 atom stereocenters. The normalized spacial score (nSPS) is 16.9. The van der Waals surface area contributed by atoms with Crippen molar-refractivity contribution >= 4 is 78.3 Å². The van der Waals surface area contributed by atoms with Crippen molar-refractivity contribution in [3.05, 3.63) is 61.4 Å². The third-order valence-electron chi connectivity index (χ3n) is 5.84. The average molecular weight is 651 g/mol. The summed E-state index contributed by atoms with van der Waals surface area (Å²) in [5.41, 5.74) is 2.36. The molecule has 4 rings (SSSR count). The minimum atomic E-state index is -0.485. The molecule has 194 valence electrons. The van der Waals surface area contributed by atoms with Crippen LogP contribution in [0.25, 0.3) is 6.08 Å². The summed E-state index contributed by atoms with van der Waals surface area (Å²) >= 11 is 7.72. The van der Waals surface area contributed by atoms with E-state index < -0.39 is 11.1 Å². The lowest BCUT2D eigenvalue weighted by molar-refractivity contribution is -0.136. The van der Waals surface area contributed by atoms with E-state index in [1.54, 1.807) is 29.2 Å². The zero-order valence-electron chi connectivity index (χ0n) is 20.1. The Balaban J connectivity index is 1.39. The van der Waals surface area contributed by atoms with Gasteiger partial charge in [0.25, 0.3) is 17.1 Å². The quantitative estimate of drug-likeness (QED) is 0.393. The lowest BCUT2D eigenvalue weighted by Gasteiger charge is -2.27. The van der Waals surface area contributed by atoms with Crippen molar-refractivity contribution < 1.29 is 23.9 Å². The van der Waals surface area contributed by atoms with Crippen molar-refractivity contribution in [2.75, 3.05) is 31.6 Å². The molecule has 0 bridgehead atoms. The van der Waals surface area contributed by atoms with Crippen LogP contribution in [0.15, 0.2) is 50.2 Å². The standard InChI is InChI=1S/C26H25Br2N3O5S/c1-16-6-5-7-18(10-16)29-22(32)15-36-24-19(27)11-17(12-20(24)28)13-21-25(34)31(26(35)37-21)14-23(33)30-8-3-2-4-9-30/h5-7,10-13H,2-4,8-9,14-15H2,1H3,(H,29,32)/b21-13-. The lowest BCUT2D eigenvalue weighted by atomic mass is 10.1. The molecule has 0 unspecified atom stereocenters. The van der Waals surface area contributed by atoms with E-state index >= 15 is 0 Å². The number of carbonyl (C=O) groups is 4. The highest BCUT2D eigenvalue weighted by atomic mass is 79.9. The molecule has 0 saturated carbocycles. The first kappa shape index (κ1) is 27.4. The van der Waals surface area contributed by atoms with Gasteiger partial charge in [-0.15, -0.1) is 0 Å². The molecule has 0 aliphatic carbocycles. The van der Waals surface area contributed by atoms with Crippen LogP contribution in [0.3, 0.4) is 0 Å². The van der Waals surface area contributed by atoms with Crippen LogP contribution in [0.2, 0.25) is 0 Å². The number of thioether (sulfide) groups is 1. The number of nitrogens with one attached hydrogen (secondary N) is 1. The van der Waals surface area contributed by atoms with Gasteiger partial charge in [-0.2, -0.15) is 0 Å². The van der Waals surface area contributed by atoms with Crippen molar-refractivity contribution in [3.63, 3.8) is 0 Å². The fraction of sp³-hybridized carbons (Fsp3) is 0.308. The van der Waals surface area contributed by atoms with E-state index in [0.29, 0.717) is 39.0 Å². The smallest absolute Gasteiger partial charge is 0.294 e. The predicted molar refractivity (Wildman–Crippen MR) is 150 cm³/mol. The van der Waals surface area contributed by atoms with E-state index in [4.69, 9.17) is 4.74 Å². The van der Waals surface area contributed by atoms with Crippen molar-refractivity contribution in [1.82, 2.24) is 9.80 Å². The maximum Gasteiger partial charge on any atom is 0.294 e. The van der Waals surface area contributed by atoms with Crippen LogP contribution >= 0.6 is 43.6 Å². The predicted octanol–water partition coefficient (Wildman–Crippen LogP) is 5.59. The van der Waals surface area contributed by atoms with Crippen molar-refractivity contribution in [2.45, 2.75) is 26.2 Å². The summed E-state index contributed by atoms with van der Waals surface area (Å²) in [4.78, 5) is 53.2. The Hall–Kier alpha value is -2.63. The minimum absolute atomic E-state index is 0.200. The maximum atomic E-state index is 12.9. The summed E-state index contributed by atoms with van der Waals surface area (Å²) in [5, 5.41) is 2.33. The Kier molecular flexibility index (Phi) is 9.09. The van der Waals surface area contributed by atoms with E-state index in [1.165, 1.54) is 0 Å². The van der Waals surface area contributed by atoms with Crippen molar-refractivity contribution in [1.29, 1.82) is 0 Å². The first-order chi connectivity index (χ1) is 17.7. The molecule has 37 heavy (non-hydrogen) atoms. The molecule has 2 aliphatic heterocycles. The maximum absolute atomic E-state index is 12.9. The molecule has 2 fully saturated rings. The third kappa shape index (κ3) is 7.03. The number of piperidine rings is 1. The SMILES string of the molecule is Cc1cccc(NC(=O)COc2c(Br)cc(/C=C3\SC(=O)N(CC(=O)N4CCCCC4)C3=O)cc2Br)c1. The number of ether oxygens (including phenoxy) is 1. The first-order valence-corrected chi connectivity index (χ1v) is 14.1. The van der Waals surface area contributed by atoms with Gasteiger partial charge < -0.3 is 15.0 Å². The largest absolute Gasteiger partial charge is 0.481 e. The number of imide groups is 1. The van der Waals surface area contributed by atoms with Gasteiger partial charge in [0, 0.05) is 18.8 Å². The number of nitrogens with zero attached hydrogens (tertiary/aromatic N) is 2. The number of likely N-dealkylation sites (tertiary alicyclic amines) is 1. The van der Waals surface area contributed by atoms with Gasteiger partial charge in [0.1, 0.15) is 12.3 Å². The summed E-state index contributed by atoms with van der Waals surface area (Å²) in [6, 6.07) is 10.9. The van der Waals surface area contributed by atoms with Crippen molar-refractivity contribution in [3.8, 4) is 5.75 Å². The van der Waals surface area contributed by atoms with Gasteiger partial charge in [-0.3, -0.25) is 24.1 Å². The lowest BCUT2D eigenvalue weighted by Crippen LogP contribution is -2.44. The highest BCUT2D eigenvalue weighted by molar-refractivity contribution is 9.11. The Labute approximate surface area is 236 Å². The summed E-state index contributed by atoms with van der Waals surface area (Å²) < 4.78 is 6.84. The number of aryl methyl sites for hydroxylation is 1. The van der Waals surface area contributed by atoms with Gasteiger partial charge in [0.05, 0.1) is 13.9 Å². The van der Waals surface area contributed by atoms with Gasteiger partial charge in [-0.25, -0.2) is 0 Å². The number of anilines is 1. The van der Waals surface area contributed by atoms with Crippen LogP contribution in [0.1, 0.15) is 30.4 Å². The van der Waals surface area contributed by atoms with Crippen LogP contribution < -0.4 is 10.1 Å². The van der Waals surface area contributed by atoms with Crippen LogP contribution in [0.4, 0.5) is 10.5 Å². The molecule has 4 amide bonds. The molecule has 2 aromatic carbocycles. The summed E-state index contributed by atoms with van der Waals surface area (Å²) in [6.07, 6.45) is 4.56.